The quantitative estimate of drug-likeness (QED) is 0.247. The van der Waals surface area contributed by atoms with Gasteiger partial charge < -0.3 is 6.58 Å². The fraction of sp³-hybridized carbons (Fsp3) is 0.333. The molecule has 0 aromatic carbocycles. The van der Waals surface area contributed by atoms with Gasteiger partial charge in [-0.25, -0.2) is 0 Å². The zero-order chi connectivity index (χ0) is 6.83. The van der Waals surface area contributed by atoms with Crippen molar-refractivity contribution in [1.29, 1.82) is 0 Å². The van der Waals surface area contributed by atoms with Crippen molar-refractivity contribution < 1.29 is 15.6 Å². The normalized spacial score (nSPS) is 6.38. The van der Waals surface area contributed by atoms with Gasteiger partial charge in [-0.3, -0.25) is 6.08 Å². The summed E-state index contributed by atoms with van der Waals surface area (Å²) >= 11 is 4.72. The number of allylic oxidation sites excluding steroid dienone is 2. The van der Waals surface area contributed by atoms with Crippen molar-refractivity contribution in [3.8, 4) is 0 Å². The molecule has 0 saturated heterocycles. The summed E-state index contributed by atoms with van der Waals surface area (Å²) in [5, 5.41) is 0. The molecule has 0 unspecified atom stereocenters. The Kier molecular flexibility index (Phi) is 22.8. The molecule has 0 spiro atoms. The predicted octanol–water partition coefficient (Wildman–Crippen LogP) is 2.82. The van der Waals surface area contributed by atoms with Crippen LogP contribution in [0.4, 0.5) is 0 Å². The summed E-state index contributed by atoms with van der Waals surface area (Å²) in [7, 11) is 0. The molecule has 0 saturated carbocycles. The molecule has 50 valence electrons. The molecule has 0 aromatic heterocycles. The molecule has 0 amide bonds. The molecule has 2 heteroatoms. The van der Waals surface area contributed by atoms with Crippen molar-refractivity contribution in [2.24, 2.45) is 0 Å². The molecule has 0 fully saturated rings. The van der Waals surface area contributed by atoms with Gasteiger partial charge in [-0.05, 0) is 6.42 Å². The van der Waals surface area contributed by atoms with Crippen LogP contribution in [0.1, 0.15) is 12.8 Å². The van der Waals surface area contributed by atoms with Gasteiger partial charge in [0, 0.05) is 0 Å². The van der Waals surface area contributed by atoms with E-state index in [-0.39, 0.29) is 0 Å². The van der Waals surface area contributed by atoms with Gasteiger partial charge in [0.2, 0.25) is 0 Å². The van der Waals surface area contributed by atoms with Crippen molar-refractivity contribution in [3.05, 3.63) is 25.3 Å². The Morgan fingerprint density at radius 2 is 2.00 bits per heavy atom. The van der Waals surface area contributed by atoms with Crippen LogP contribution >= 0.6 is 19.5 Å². The van der Waals surface area contributed by atoms with Gasteiger partial charge in [0.1, 0.15) is 0 Å². The van der Waals surface area contributed by atoms with Crippen LogP contribution in [0.25, 0.3) is 0 Å². The molecule has 0 aliphatic carbocycles. The van der Waals surface area contributed by atoms with Gasteiger partial charge in [-0.2, -0.15) is 0 Å². The minimum absolute atomic E-state index is 0.948. The monoisotopic (exact) mass is 314 g/mol. The molecule has 0 aromatic rings. The summed E-state index contributed by atoms with van der Waals surface area (Å²) in [6.45, 7) is 8.56. The first-order chi connectivity index (χ1) is 3.91. The van der Waals surface area contributed by atoms with E-state index >= 15 is 0 Å². The Hall–Kier alpha value is 0.872. The Balaban J connectivity index is 0. The molecule has 0 radical (unpaired) electrons. The van der Waals surface area contributed by atoms with E-state index in [2.05, 4.69) is 22.2 Å². The summed E-state index contributed by atoms with van der Waals surface area (Å²) in [5.74, 6) is 0. The van der Waals surface area contributed by atoms with Crippen molar-refractivity contribution in [2.45, 2.75) is 12.8 Å². The Bertz CT molecular complexity index is 44.5. The summed E-state index contributed by atoms with van der Waals surface area (Å²) in [6, 6.07) is 0. The van der Waals surface area contributed by atoms with E-state index in [4.69, 9.17) is 6.58 Å². The van der Waals surface area contributed by atoms with Gasteiger partial charge in [0.05, 0.1) is 0 Å². The van der Waals surface area contributed by atoms with E-state index < -0.39 is 0 Å². The first kappa shape index (κ1) is 11.6. The van der Waals surface area contributed by atoms with Crippen LogP contribution in [0, 0.1) is 6.58 Å². The summed E-state index contributed by atoms with van der Waals surface area (Å²) in [5.41, 5.74) is 0. The van der Waals surface area contributed by atoms with Crippen molar-refractivity contribution in [2.75, 3.05) is 0 Å². The maximum absolute atomic E-state index is 5.04. The zero-order valence-corrected chi connectivity index (χ0v) is 8.26. The molecular weight excluding hydrogens is 305 g/mol. The Morgan fingerprint density at radius 1 is 1.50 bits per heavy atom. The van der Waals surface area contributed by atoms with E-state index in [1.807, 2.05) is 25.6 Å². The summed E-state index contributed by atoms with van der Waals surface area (Å²) in [4.78, 5) is 0. The van der Waals surface area contributed by atoms with Crippen molar-refractivity contribution >= 4 is 19.5 Å². The molecular formula is C6H9IPd. The van der Waals surface area contributed by atoms with Gasteiger partial charge in [-0.15, -0.1) is 6.58 Å². The Labute approximate surface area is 72.8 Å². The minimum atomic E-state index is 0.948. The van der Waals surface area contributed by atoms with Crippen LogP contribution < -0.4 is 0 Å². The summed E-state index contributed by atoms with van der Waals surface area (Å²) < 4.78 is 0. The van der Waals surface area contributed by atoms with Crippen LogP contribution in [0.2, 0.25) is 0 Å². The molecule has 0 aliphatic rings. The van der Waals surface area contributed by atoms with Crippen LogP contribution in [-0.2, 0) is 15.6 Å². The molecule has 0 heterocycles. The topological polar surface area (TPSA) is 0 Å². The van der Waals surface area contributed by atoms with E-state index in [0.717, 1.165) is 12.8 Å². The first-order valence-corrected chi connectivity index (χ1v) is 6.80. The van der Waals surface area contributed by atoms with E-state index in [0.29, 0.717) is 0 Å². The third-order valence-electron chi connectivity index (χ3n) is 0.537. The van der Waals surface area contributed by atoms with E-state index in [9.17, 15) is 0 Å². The van der Waals surface area contributed by atoms with Crippen molar-refractivity contribution in [1.82, 2.24) is 0 Å². The molecule has 0 aliphatic heterocycles. The average molecular weight is 314 g/mol. The second kappa shape index (κ2) is 15.7. The van der Waals surface area contributed by atoms with Crippen LogP contribution in [0.5, 0.6) is 0 Å². The van der Waals surface area contributed by atoms with Gasteiger partial charge in [-0.1, -0.05) is 12.5 Å². The molecule has 0 bridgehead atoms. The van der Waals surface area contributed by atoms with Gasteiger partial charge in [0.15, 0.2) is 0 Å². The number of hydrogen-bond acceptors (Lipinski definition) is 0. The van der Waals surface area contributed by atoms with E-state index in [1.54, 1.807) is 6.08 Å². The van der Waals surface area contributed by atoms with Crippen LogP contribution in [0.15, 0.2) is 18.7 Å². The van der Waals surface area contributed by atoms with E-state index in [1.165, 1.54) is 0 Å². The molecule has 8 heavy (non-hydrogen) atoms. The zero-order valence-electron chi connectivity index (χ0n) is 4.55. The maximum atomic E-state index is 5.04. The second-order valence-corrected chi connectivity index (χ2v) is 1.10. The third kappa shape index (κ3) is 15.8. The predicted molar refractivity (Wildman–Crippen MR) is 42.3 cm³/mol. The second-order valence-electron chi connectivity index (χ2n) is 1.10. The average Bonchev–Trinajstić information content (AvgIpc) is 1.88. The van der Waals surface area contributed by atoms with Crippen LogP contribution in [-0.4, -0.2) is 0 Å². The number of halogens is 1. The SMILES string of the molecule is [CH-]=CCCC=C.[Pd+][I]. The molecule has 0 atom stereocenters. The standard InChI is InChI=1S/C6H9.HI.Pd/c1-3-5-6-4-2;;/h1,3-4H,2,5-6H2;1H;/q-1;;+2/p-1. The van der Waals surface area contributed by atoms with Crippen molar-refractivity contribution in [3.63, 3.8) is 0 Å². The fourth-order valence-electron chi connectivity index (χ4n) is 0.214. The fourth-order valence-corrected chi connectivity index (χ4v) is 0.214. The number of hydrogen-bond donors (Lipinski definition) is 0. The Morgan fingerprint density at radius 3 is 2.12 bits per heavy atom. The third-order valence-corrected chi connectivity index (χ3v) is 0.537. The summed E-state index contributed by atoms with van der Waals surface area (Å²) in [6.07, 6.45) is 5.44. The first-order valence-electron chi connectivity index (χ1n) is 2.18. The molecule has 0 rings (SSSR count). The molecule has 0 nitrogen and oxygen atoms in total. The van der Waals surface area contributed by atoms with Gasteiger partial charge >= 0.3 is 35.1 Å². The number of unbranched alkanes of at least 4 members (excludes halogenated alkanes) is 1. The van der Waals surface area contributed by atoms with Gasteiger partial charge in [0.25, 0.3) is 0 Å². The van der Waals surface area contributed by atoms with Crippen LogP contribution in [0.3, 0.4) is 0 Å². The number of rotatable bonds is 3. The molecule has 0 N–H and O–H groups in total.